The summed E-state index contributed by atoms with van der Waals surface area (Å²) in [5.41, 5.74) is 4.18. The number of oxime groups is 1. The number of aryl methyl sites for hydroxylation is 1. The number of aromatic nitrogens is 3. The van der Waals surface area contributed by atoms with E-state index >= 15 is 0 Å². The molecule has 0 aromatic carbocycles. The molecule has 0 radical (unpaired) electrons. The van der Waals surface area contributed by atoms with Gasteiger partial charge in [-0.15, -0.1) is 11.3 Å². The van der Waals surface area contributed by atoms with E-state index in [9.17, 15) is 8.42 Å². The van der Waals surface area contributed by atoms with Crippen molar-refractivity contribution < 1.29 is 13.3 Å². The van der Waals surface area contributed by atoms with Crippen LogP contribution in [0.1, 0.15) is 31.7 Å². The summed E-state index contributed by atoms with van der Waals surface area (Å²) in [5, 5.41) is 5.12. The van der Waals surface area contributed by atoms with Crippen LogP contribution < -0.4 is 4.31 Å². The maximum absolute atomic E-state index is 12.3. The van der Waals surface area contributed by atoms with Crippen LogP contribution in [0.3, 0.4) is 0 Å². The van der Waals surface area contributed by atoms with E-state index in [0.29, 0.717) is 30.1 Å². The van der Waals surface area contributed by atoms with Gasteiger partial charge in [0.25, 0.3) is 0 Å². The molecule has 3 aromatic rings. The monoisotopic (exact) mass is 457 g/mol. The minimum atomic E-state index is -3.43. The highest BCUT2D eigenvalue weighted by molar-refractivity contribution is 7.92. The number of anilines is 1. The number of hydrogen-bond donors (Lipinski definition) is 0. The van der Waals surface area contributed by atoms with Crippen LogP contribution in [0.15, 0.2) is 41.8 Å². The zero-order valence-electron chi connectivity index (χ0n) is 17.7. The summed E-state index contributed by atoms with van der Waals surface area (Å²) in [7, 11) is -3.43. The normalized spacial score (nSPS) is 15.4. The second-order valence-corrected chi connectivity index (χ2v) is 10.4. The Bertz CT molecular complexity index is 1240. The minimum Gasteiger partial charge on any atom is -0.393 e. The average molecular weight is 458 g/mol. The molecule has 0 amide bonds. The fourth-order valence-electron chi connectivity index (χ4n) is 3.29. The van der Waals surface area contributed by atoms with Gasteiger partial charge >= 0.3 is 0 Å². The van der Waals surface area contributed by atoms with Crippen molar-refractivity contribution in [1.29, 1.82) is 0 Å². The fourth-order valence-corrected chi connectivity index (χ4v) is 5.24. The molecule has 31 heavy (non-hydrogen) atoms. The van der Waals surface area contributed by atoms with Crippen molar-refractivity contribution in [1.82, 2.24) is 15.0 Å². The Labute approximate surface area is 185 Å². The standard InChI is InChI=1S/C21H23N5O3S2/c1-13(2)29-25-16-9-11-26(31(4,27)28)18-8-7-17(24-19(16)18)20-14(3)23-21(30-20)15-6-5-10-22-12-15/h5-8,10,12-13H,9,11H2,1-4H3. The summed E-state index contributed by atoms with van der Waals surface area (Å²) in [6.45, 7) is 6.02. The van der Waals surface area contributed by atoms with Gasteiger partial charge in [0.15, 0.2) is 0 Å². The highest BCUT2D eigenvalue weighted by atomic mass is 32.2. The molecule has 0 unspecified atom stereocenters. The van der Waals surface area contributed by atoms with Gasteiger partial charge < -0.3 is 4.84 Å². The van der Waals surface area contributed by atoms with E-state index in [1.165, 1.54) is 21.9 Å². The molecular weight excluding hydrogens is 434 g/mol. The first kappa shape index (κ1) is 21.4. The van der Waals surface area contributed by atoms with Crippen LogP contribution in [0.4, 0.5) is 5.69 Å². The molecule has 8 nitrogen and oxygen atoms in total. The molecular formula is C21H23N5O3S2. The van der Waals surface area contributed by atoms with Crippen LogP contribution in [0.5, 0.6) is 0 Å². The third-order valence-corrected chi connectivity index (χ3v) is 7.09. The third-order valence-electron chi connectivity index (χ3n) is 4.68. The van der Waals surface area contributed by atoms with E-state index in [1.54, 1.807) is 18.5 Å². The predicted octanol–water partition coefficient (Wildman–Crippen LogP) is 3.87. The minimum absolute atomic E-state index is 0.0853. The zero-order valence-corrected chi connectivity index (χ0v) is 19.4. The first-order valence-electron chi connectivity index (χ1n) is 9.84. The summed E-state index contributed by atoms with van der Waals surface area (Å²) in [5.74, 6) is 0. The Balaban J connectivity index is 1.81. The smallest absolute Gasteiger partial charge is 0.232 e. The molecule has 0 aliphatic carbocycles. The van der Waals surface area contributed by atoms with Crippen molar-refractivity contribution in [3.8, 4) is 21.1 Å². The topological polar surface area (TPSA) is 97.6 Å². The molecule has 0 bridgehead atoms. The summed E-state index contributed by atoms with van der Waals surface area (Å²) < 4.78 is 26.0. The summed E-state index contributed by atoms with van der Waals surface area (Å²) in [6.07, 6.45) is 5.04. The highest BCUT2D eigenvalue weighted by Gasteiger charge is 2.30. The lowest BCUT2D eigenvalue weighted by atomic mass is 10.1. The van der Waals surface area contributed by atoms with Gasteiger partial charge in [-0.3, -0.25) is 9.29 Å². The first-order valence-corrected chi connectivity index (χ1v) is 12.5. The average Bonchev–Trinajstić information content (AvgIpc) is 3.13. The number of hydrogen-bond acceptors (Lipinski definition) is 8. The molecule has 0 saturated carbocycles. The van der Waals surface area contributed by atoms with Crippen LogP contribution >= 0.6 is 11.3 Å². The van der Waals surface area contributed by atoms with Gasteiger partial charge in [0.1, 0.15) is 22.5 Å². The van der Waals surface area contributed by atoms with Crippen molar-refractivity contribution in [3.63, 3.8) is 0 Å². The zero-order chi connectivity index (χ0) is 22.2. The molecule has 0 N–H and O–H groups in total. The molecule has 0 fully saturated rings. The van der Waals surface area contributed by atoms with E-state index in [2.05, 4.69) is 15.1 Å². The van der Waals surface area contributed by atoms with Crippen molar-refractivity contribution in [2.45, 2.75) is 33.3 Å². The van der Waals surface area contributed by atoms with Crippen molar-refractivity contribution in [2.75, 3.05) is 17.1 Å². The molecule has 1 aliphatic rings. The molecule has 4 heterocycles. The van der Waals surface area contributed by atoms with Crippen LogP contribution in [-0.4, -0.2) is 48.0 Å². The lowest BCUT2D eigenvalue weighted by Gasteiger charge is -2.29. The van der Waals surface area contributed by atoms with Gasteiger partial charge in [0.05, 0.1) is 28.2 Å². The number of fused-ring (bicyclic) bond motifs is 1. The van der Waals surface area contributed by atoms with Crippen LogP contribution in [-0.2, 0) is 14.9 Å². The van der Waals surface area contributed by atoms with Gasteiger partial charge in [-0.1, -0.05) is 5.16 Å². The fraction of sp³-hybridized carbons (Fsp3) is 0.333. The van der Waals surface area contributed by atoms with Crippen molar-refractivity contribution >= 4 is 32.8 Å². The SMILES string of the molecule is Cc1nc(-c2cccnc2)sc1-c1ccc2c(n1)C(=NOC(C)C)CCN2S(C)(=O)=O. The molecule has 0 saturated heterocycles. The Hall–Kier alpha value is -2.85. The van der Waals surface area contributed by atoms with Gasteiger partial charge in [-0.25, -0.2) is 18.4 Å². The molecule has 10 heteroatoms. The Kier molecular flexibility index (Phi) is 5.76. The third kappa shape index (κ3) is 4.45. The van der Waals surface area contributed by atoms with E-state index in [1.807, 2.05) is 39.0 Å². The lowest BCUT2D eigenvalue weighted by Crippen LogP contribution is -2.37. The predicted molar refractivity (Wildman–Crippen MR) is 123 cm³/mol. The van der Waals surface area contributed by atoms with E-state index in [0.717, 1.165) is 26.8 Å². The van der Waals surface area contributed by atoms with Gasteiger partial charge in [-0.2, -0.15) is 0 Å². The number of sulfonamides is 1. The van der Waals surface area contributed by atoms with E-state index < -0.39 is 10.0 Å². The highest BCUT2D eigenvalue weighted by Crippen LogP contribution is 2.37. The molecule has 162 valence electrons. The van der Waals surface area contributed by atoms with E-state index in [4.69, 9.17) is 9.82 Å². The maximum Gasteiger partial charge on any atom is 0.232 e. The largest absolute Gasteiger partial charge is 0.393 e. The first-order chi connectivity index (χ1) is 14.7. The Morgan fingerprint density at radius 1 is 1.23 bits per heavy atom. The van der Waals surface area contributed by atoms with Gasteiger partial charge in [-0.05, 0) is 45.0 Å². The second kappa shape index (κ2) is 8.35. The van der Waals surface area contributed by atoms with Gasteiger partial charge in [0, 0.05) is 30.9 Å². The number of nitrogens with zero attached hydrogens (tertiary/aromatic N) is 5. The van der Waals surface area contributed by atoms with Crippen molar-refractivity contribution in [3.05, 3.63) is 48.0 Å². The number of rotatable bonds is 5. The number of pyridine rings is 2. The maximum atomic E-state index is 12.3. The van der Waals surface area contributed by atoms with Crippen molar-refractivity contribution in [2.24, 2.45) is 5.16 Å². The summed E-state index contributed by atoms with van der Waals surface area (Å²) >= 11 is 1.53. The summed E-state index contributed by atoms with van der Waals surface area (Å²) in [4.78, 5) is 20.0. The van der Waals surface area contributed by atoms with Crippen LogP contribution in [0.25, 0.3) is 21.1 Å². The second-order valence-electron chi connectivity index (χ2n) is 7.52. The lowest BCUT2D eigenvalue weighted by molar-refractivity contribution is 0.0855. The molecule has 0 atom stereocenters. The molecule has 1 aliphatic heterocycles. The Morgan fingerprint density at radius 2 is 2.03 bits per heavy atom. The van der Waals surface area contributed by atoms with Gasteiger partial charge in [0.2, 0.25) is 10.0 Å². The van der Waals surface area contributed by atoms with Crippen LogP contribution in [0, 0.1) is 6.92 Å². The Morgan fingerprint density at radius 3 is 2.71 bits per heavy atom. The van der Waals surface area contributed by atoms with E-state index in [-0.39, 0.29) is 6.10 Å². The summed E-state index contributed by atoms with van der Waals surface area (Å²) in [6, 6.07) is 7.45. The van der Waals surface area contributed by atoms with Crippen LogP contribution in [0.2, 0.25) is 0 Å². The quantitative estimate of drug-likeness (QED) is 0.540. The molecule has 4 rings (SSSR count). The number of thiazole rings is 1. The molecule has 3 aromatic heterocycles. The molecule has 0 spiro atoms.